The summed E-state index contributed by atoms with van der Waals surface area (Å²) in [6.07, 6.45) is 0.461. The molecule has 3 rings (SSSR count). The zero-order valence-corrected chi connectivity index (χ0v) is 13.8. The highest BCUT2D eigenvalue weighted by Gasteiger charge is 2.37. The Bertz CT molecular complexity index is 787. The van der Waals surface area contributed by atoms with E-state index in [4.69, 9.17) is 0 Å². The molecular weight excluding hydrogens is 320 g/mol. The second-order valence-corrected chi connectivity index (χ2v) is 5.80. The van der Waals surface area contributed by atoms with E-state index in [1.165, 1.54) is 12.0 Å². The maximum absolute atomic E-state index is 12.5. The number of amides is 3. The Balaban J connectivity index is 1.67. The van der Waals surface area contributed by atoms with Gasteiger partial charge in [0.05, 0.1) is 19.2 Å². The molecule has 1 aliphatic rings. The van der Waals surface area contributed by atoms with Crippen molar-refractivity contribution >= 4 is 17.9 Å². The summed E-state index contributed by atoms with van der Waals surface area (Å²) in [6.45, 7) is 0.164. The molecule has 2 aromatic carbocycles. The number of benzene rings is 2. The number of rotatable bonds is 5. The quantitative estimate of drug-likeness (QED) is 0.669. The summed E-state index contributed by atoms with van der Waals surface area (Å²) in [5, 5.41) is 2.72. The molecule has 3 amide bonds. The van der Waals surface area contributed by atoms with Gasteiger partial charge in [-0.15, -0.1) is 0 Å². The topological polar surface area (TPSA) is 75.7 Å². The first kappa shape index (κ1) is 16.7. The van der Waals surface area contributed by atoms with E-state index < -0.39 is 18.0 Å². The van der Waals surface area contributed by atoms with Gasteiger partial charge < -0.3 is 10.1 Å². The number of hydrogen-bond acceptors (Lipinski definition) is 4. The van der Waals surface area contributed by atoms with E-state index in [-0.39, 0.29) is 12.5 Å². The molecule has 0 aliphatic carbocycles. The van der Waals surface area contributed by atoms with Crippen LogP contribution in [0.2, 0.25) is 0 Å². The van der Waals surface area contributed by atoms with E-state index in [2.05, 4.69) is 10.1 Å². The van der Waals surface area contributed by atoms with Gasteiger partial charge in [-0.3, -0.25) is 9.69 Å². The fourth-order valence-electron chi connectivity index (χ4n) is 2.76. The van der Waals surface area contributed by atoms with Crippen LogP contribution in [-0.4, -0.2) is 36.0 Å². The average molecular weight is 338 g/mol. The third-order valence-corrected chi connectivity index (χ3v) is 4.11. The summed E-state index contributed by atoms with van der Waals surface area (Å²) in [5.41, 5.74) is 2.17. The third-order valence-electron chi connectivity index (χ3n) is 4.11. The van der Waals surface area contributed by atoms with Crippen LogP contribution in [0.15, 0.2) is 54.6 Å². The number of hydrogen-bond donors (Lipinski definition) is 1. The molecule has 2 aromatic rings. The second kappa shape index (κ2) is 7.17. The molecule has 1 N–H and O–H groups in total. The van der Waals surface area contributed by atoms with E-state index in [1.54, 1.807) is 24.3 Å². The summed E-state index contributed by atoms with van der Waals surface area (Å²) >= 11 is 0. The fourth-order valence-corrected chi connectivity index (χ4v) is 2.76. The average Bonchev–Trinajstić information content (AvgIpc) is 2.90. The van der Waals surface area contributed by atoms with Crippen LogP contribution in [0.1, 0.15) is 21.5 Å². The number of carbonyl (C=O) groups is 3. The molecule has 1 aliphatic heterocycles. The highest BCUT2D eigenvalue weighted by Crippen LogP contribution is 2.16. The molecule has 1 saturated heterocycles. The standard InChI is InChI=1S/C19H18N2O4/c1-25-18(23)15-9-7-14(8-10-15)12-21-17(22)16(20-19(21)24)11-13-5-3-2-4-6-13/h2-10,16H,11-12H2,1H3,(H,20,24)/t16-/m1/s1. The Labute approximate surface area is 145 Å². The van der Waals surface area contributed by atoms with Crippen molar-refractivity contribution in [2.24, 2.45) is 0 Å². The van der Waals surface area contributed by atoms with Gasteiger partial charge in [0, 0.05) is 6.42 Å². The lowest BCUT2D eigenvalue weighted by molar-refractivity contribution is -0.127. The van der Waals surface area contributed by atoms with E-state index >= 15 is 0 Å². The first-order valence-electron chi connectivity index (χ1n) is 7.91. The van der Waals surface area contributed by atoms with Gasteiger partial charge in [0.2, 0.25) is 0 Å². The molecule has 0 aromatic heterocycles. The van der Waals surface area contributed by atoms with Crippen molar-refractivity contribution in [3.63, 3.8) is 0 Å². The predicted molar refractivity (Wildman–Crippen MR) is 90.8 cm³/mol. The van der Waals surface area contributed by atoms with Gasteiger partial charge in [0.25, 0.3) is 5.91 Å². The molecule has 0 unspecified atom stereocenters. The summed E-state index contributed by atoms with van der Waals surface area (Å²) in [6, 6.07) is 15.2. The van der Waals surface area contributed by atoms with Gasteiger partial charge in [-0.05, 0) is 23.3 Å². The minimum Gasteiger partial charge on any atom is -0.465 e. The molecule has 1 fully saturated rings. The van der Waals surface area contributed by atoms with Gasteiger partial charge in [0.1, 0.15) is 6.04 Å². The molecule has 0 radical (unpaired) electrons. The second-order valence-electron chi connectivity index (χ2n) is 5.80. The first-order valence-corrected chi connectivity index (χ1v) is 7.91. The lowest BCUT2D eigenvalue weighted by Crippen LogP contribution is -2.32. The number of imide groups is 1. The predicted octanol–water partition coefficient (Wildman–Crippen LogP) is 2.14. The van der Waals surface area contributed by atoms with E-state index in [1.807, 2.05) is 30.3 Å². The molecular formula is C19H18N2O4. The molecule has 1 heterocycles. The normalized spacial score (nSPS) is 16.7. The molecule has 0 saturated carbocycles. The minimum absolute atomic E-state index is 0.164. The first-order chi connectivity index (χ1) is 12.1. The molecule has 128 valence electrons. The highest BCUT2D eigenvalue weighted by molar-refractivity contribution is 6.04. The summed E-state index contributed by atoms with van der Waals surface area (Å²) in [7, 11) is 1.32. The van der Waals surface area contributed by atoms with E-state index in [0.29, 0.717) is 12.0 Å². The van der Waals surface area contributed by atoms with Gasteiger partial charge in [-0.2, -0.15) is 0 Å². The van der Waals surface area contributed by atoms with Crippen molar-refractivity contribution in [2.75, 3.05) is 7.11 Å². The van der Waals surface area contributed by atoms with Crippen molar-refractivity contribution in [1.82, 2.24) is 10.2 Å². The molecule has 1 atom stereocenters. The van der Waals surface area contributed by atoms with Crippen LogP contribution in [-0.2, 0) is 22.5 Å². The zero-order valence-electron chi connectivity index (χ0n) is 13.8. The Morgan fingerprint density at radius 2 is 1.72 bits per heavy atom. The van der Waals surface area contributed by atoms with Crippen LogP contribution in [0.5, 0.6) is 0 Å². The Morgan fingerprint density at radius 3 is 2.36 bits per heavy atom. The molecule has 0 spiro atoms. The largest absolute Gasteiger partial charge is 0.465 e. The third kappa shape index (κ3) is 3.68. The molecule has 6 nitrogen and oxygen atoms in total. The molecule has 0 bridgehead atoms. The van der Waals surface area contributed by atoms with Crippen LogP contribution in [0.25, 0.3) is 0 Å². The van der Waals surface area contributed by atoms with Crippen LogP contribution >= 0.6 is 0 Å². The smallest absolute Gasteiger partial charge is 0.337 e. The minimum atomic E-state index is -0.552. The fraction of sp³-hybridized carbons (Fsp3) is 0.211. The number of carbonyl (C=O) groups excluding carboxylic acids is 3. The Kier molecular flexibility index (Phi) is 4.79. The van der Waals surface area contributed by atoms with Crippen molar-refractivity contribution < 1.29 is 19.1 Å². The van der Waals surface area contributed by atoms with Gasteiger partial charge in [0.15, 0.2) is 0 Å². The van der Waals surface area contributed by atoms with Crippen molar-refractivity contribution in [3.8, 4) is 0 Å². The lowest BCUT2D eigenvalue weighted by atomic mass is 10.1. The maximum atomic E-state index is 12.5. The lowest BCUT2D eigenvalue weighted by Gasteiger charge is -2.13. The van der Waals surface area contributed by atoms with Gasteiger partial charge >= 0.3 is 12.0 Å². The number of urea groups is 1. The Morgan fingerprint density at radius 1 is 1.04 bits per heavy atom. The number of methoxy groups -OCH3 is 1. The van der Waals surface area contributed by atoms with Gasteiger partial charge in [-0.25, -0.2) is 9.59 Å². The van der Waals surface area contributed by atoms with E-state index in [0.717, 1.165) is 11.1 Å². The maximum Gasteiger partial charge on any atom is 0.337 e. The van der Waals surface area contributed by atoms with E-state index in [9.17, 15) is 14.4 Å². The number of ether oxygens (including phenoxy) is 1. The Hall–Kier alpha value is -3.15. The van der Waals surface area contributed by atoms with Gasteiger partial charge in [-0.1, -0.05) is 42.5 Å². The monoisotopic (exact) mass is 338 g/mol. The highest BCUT2D eigenvalue weighted by atomic mass is 16.5. The molecule has 6 heteroatoms. The summed E-state index contributed by atoms with van der Waals surface area (Å²) in [4.78, 5) is 37.3. The van der Waals surface area contributed by atoms with Crippen molar-refractivity contribution in [2.45, 2.75) is 19.0 Å². The van der Waals surface area contributed by atoms with Crippen molar-refractivity contribution in [3.05, 3.63) is 71.3 Å². The van der Waals surface area contributed by atoms with Crippen LogP contribution in [0, 0.1) is 0 Å². The SMILES string of the molecule is COC(=O)c1ccc(CN2C(=O)N[C@H](Cc3ccccc3)C2=O)cc1. The number of esters is 1. The van der Waals surface area contributed by atoms with Crippen molar-refractivity contribution in [1.29, 1.82) is 0 Å². The van der Waals surface area contributed by atoms with Crippen LogP contribution < -0.4 is 5.32 Å². The number of nitrogens with one attached hydrogen (secondary N) is 1. The van der Waals surface area contributed by atoms with Crippen LogP contribution in [0.4, 0.5) is 4.79 Å². The van der Waals surface area contributed by atoms with Crippen LogP contribution in [0.3, 0.4) is 0 Å². The zero-order chi connectivity index (χ0) is 17.8. The molecule has 25 heavy (non-hydrogen) atoms. The summed E-state index contributed by atoms with van der Waals surface area (Å²) < 4.78 is 4.65. The number of nitrogens with zero attached hydrogens (tertiary/aromatic N) is 1. The summed E-state index contributed by atoms with van der Waals surface area (Å²) in [5.74, 6) is -0.671.